The van der Waals surface area contributed by atoms with E-state index >= 15 is 0 Å². The second-order valence-electron chi connectivity index (χ2n) is 4.39. The highest BCUT2D eigenvalue weighted by Gasteiger charge is 2.29. The maximum absolute atomic E-state index is 12.3. The molecule has 0 aliphatic carbocycles. The Morgan fingerprint density at radius 2 is 2.24 bits per heavy atom. The lowest BCUT2D eigenvalue weighted by Crippen LogP contribution is -2.51. The van der Waals surface area contributed by atoms with E-state index in [-0.39, 0.29) is 11.1 Å². The molecule has 1 atom stereocenters. The van der Waals surface area contributed by atoms with Crippen molar-refractivity contribution in [2.45, 2.75) is 24.9 Å². The summed E-state index contributed by atoms with van der Waals surface area (Å²) in [5.74, 6) is 0. The second kappa shape index (κ2) is 4.72. The fraction of sp³-hybridized carbons (Fsp3) is 0.545. The molecule has 0 spiro atoms. The zero-order chi connectivity index (χ0) is 12.5. The minimum atomic E-state index is -3.43. The van der Waals surface area contributed by atoms with Crippen molar-refractivity contribution in [2.24, 2.45) is 0 Å². The van der Waals surface area contributed by atoms with Crippen LogP contribution in [0.25, 0.3) is 0 Å². The molecule has 17 heavy (non-hydrogen) atoms. The van der Waals surface area contributed by atoms with Crippen LogP contribution in [0.3, 0.4) is 0 Å². The van der Waals surface area contributed by atoms with Crippen molar-refractivity contribution in [1.82, 2.24) is 14.6 Å². The Morgan fingerprint density at radius 1 is 1.47 bits per heavy atom. The number of pyridine rings is 1. The summed E-state index contributed by atoms with van der Waals surface area (Å²) in [4.78, 5) is 4.00. The van der Waals surface area contributed by atoms with E-state index in [4.69, 9.17) is 0 Å². The normalized spacial score (nSPS) is 22.6. The minimum Gasteiger partial charge on any atom is -0.312 e. The average Bonchev–Trinajstić information content (AvgIpc) is 2.29. The Hall–Kier alpha value is -0.980. The smallest absolute Gasteiger partial charge is 0.260 e. The number of nitrogens with zero attached hydrogens (tertiary/aromatic N) is 2. The molecular formula is C11H17N3O2S. The van der Waals surface area contributed by atoms with Crippen LogP contribution in [0.1, 0.15) is 12.5 Å². The van der Waals surface area contributed by atoms with Crippen LogP contribution < -0.4 is 5.32 Å². The number of sulfonamides is 1. The molecule has 1 aliphatic rings. The molecule has 2 heterocycles. The number of piperazine rings is 1. The number of aryl methyl sites for hydroxylation is 1. The summed E-state index contributed by atoms with van der Waals surface area (Å²) in [6.45, 7) is 5.55. The SMILES string of the molecule is Cc1ccc(S(=O)(=O)N2CCN[C@@H](C)C2)nc1. The molecular weight excluding hydrogens is 238 g/mol. The molecule has 0 saturated carbocycles. The first kappa shape index (κ1) is 12.5. The number of aromatic nitrogens is 1. The van der Waals surface area contributed by atoms with E-state index in [0.717, 1.165) is 5.56 Å². The van der Waals surface area contributed by atoms with Gasteiger partial charge in [0.2, 0.25) is 0 Å². The molecule has 6 heteroatoms. The van der Waals surface area contributed by atoms with Gasteiger partial charge in [-0.1, -0.05) is 6.07 Å². The quantitative estimate of drug-likeness (QED) is 0.829. The maximum Gasteiger partial charge on any atom is 0.260 e. The fourth-order valence-corrected chi connectivity index (χ4v) is 3.30. The molecule has 0 amide bonds. The third kappa shape index (κ3) is 2.65. The van der Waals surface area contributed by atoms with Crippen LogP contribution in [0.5, 0.6) is 0 Å². The van der Waals surface area contributed by atoms with E-state index < -0.39 is 10.0 Å². The number of rotatable bonds is 2. The second-order valence-corrected chi connectivity index (χ2v) is 6.28. The van der Waals surface area contributed by atoms with E-state index in [2.05, 4.69) is 10.3 Å². The molecule has 0 radical (unpaired) electrons. The van der Waals surface area contributed by atoms with Crippen molar-refractivity contribution in [1.29, 1.82) is 0 Å². The van der Waals surface area contributed by atoms with Crippen LogP contribution in [0.15, 0.2) is 23.4 Å². The van der Waals surface area contributed by atoms with E-state index in [0.29, 0.717) is 19.6 Å². The van der Waals surface area contributed by atoms with Crippen LogP contribution in [0.2, 0.25) is 0 Å². The topological polar surface area (TPSA) is 62.3 Å². The molecule has 1 aromatic rings. The monoisotopic (exact) mass is 255 g/mol. The Morgan fingerprint density at radius 3 is 2.82 bits per heavy atom. The Bertz CT molecular complexity index is 484. The Balaban J connectivity index is 2.26. The van der Waals surface area contributed by atoms with Gasteiger partial charge in [0.25, 0.3) is 10.0 Å². The van der Waals surface area contributed by atoms with E-state index in [1.54, 1.807) is 18.3 Å². The summed E-state index contributed by atoms with van der Waals surface area (Å²) in [6, 6.07) is 3.52. The average molecular weight is 255 g/mol. The van der Waals surface area contributed by atoms with Gasteiger partial charge < -0.3 is 5.32 Å². The number of nitrogens with one attached hydrogen (secondary N) is 1. The van der Waals surface area contributed by atoms with Gasteiger partial charge in [-0.3, -0.25) is 0 Å². The molecule has 1 aliphatic heterocycles. The third-order valence-electron chi connectivity index (χ3n) is 2.82. The summed E-state index contributed by atoms with van der Waals surface area (Å²) in [7, 11) is -3.43. The zero-order valence-electron chi connectivity index (χ0n) is 10.0. The van der Waals surface area contributed by atoms with Crippen molar-refractivity contribution < 1.29 is 8.42 Å². The first-order chi connectivity index (χ1) is 8.00. The molecule has 1 N–H and O–H groups in total. The highest BCUT2D eigenvalue weighted by molar-refractivity contribution is 7.89. The number of hydrogen-bond donors (Lipinski definition) is 1. The molecule has 1 aromatic heterocycles. The summed E-state index contributed by atoms with van der Waals surface area (Å²) < 4.78 is 26.1. The van der Waals surface area contributed by atoms with Crippen LogP contribution >= 0.6 is 0 Å². The molecule has 0 unspecified atom stereocenters. The predicted octanol–water partition coefficient (Wildman–Crippen LogP) is 0.372. The first-order valence-corrected chi connectivity index (χ1v) is 7.10. The minimum absolute atomic E-state index is 0.136. The van der Waals surface area contributed by atoms with Gasteiger partial charge in [0.05, 0.1) is 0 Å². The Labute approximate surface area is 102 Å². The Kier molecular flexibility index (Phi) is 3.46. The van der Waals surface area contributed by atoms with Gasteiger partial charge in [-0.05, 0) is 25.5 Å². The molecule has 0 aromatic carbocycles. The van der Waals surface area contributed by atoms with Gasteiger partial charge in [0.1, 0.15) is 0 Å². The first-order valence-electron chi connectivity index (χ1n) is 5.66. The van der Waals surface area contributed by atoms with Crippen LogP contribution in [-0.4, -0.2) is 43.4 Å². The van der Waals surface area contributed by atoms with Crippen LogP contribution in [-0.2, 0) is 10.0 Å². The third-order valence-corrected chi connectivity index (χ3v) is 4.60. The van der Waals surface area contributed by atoms with Gasteiger partial charge in [-0.2, -0.15) is 4.31 Å². The summed E-state index contributed by atoms with van der Waals surface area (Å²) in [5, 5.41) is 3.35. The van der Waals surface area contributed by atoms with Gasteiger partial charge in [-0.25, -0.2) is 13.4 Å². The summed E-state index contributed by atoms with van der Waals surface area (Å²) in [6.07, 6.45) is 1.58. The summed E-state index contributed by atoms with van der Waals surface area (Å²) >= 11 is 0. The van der Waals surface area contributed by atoms with Crippen molar-refractivity contribution in [3.05, 3.63) is 23.9 Å². The molecule has 2 rings (SSSR count). The maximum atomic E-state index is 12.3. The lowest BCUT2D eigenvalue weighted by atomic mass is 10.3. The lowest BCUT2D eigenvalue weighted by molar-refractivity contribution is 0.309. The van der Waals surface area contributed by atoms with Crippen molar-refractivity contribution in [3.63, 3.8) is 0 Å². The van der Waals surface area contributed by atoms with Gasteiger partial charge >= 0.3 is 0 Å². The summed E-state index contributed by atoms with van der Waals surface area (Å²) in [5.41, 5.74) is 0.956. The molecule has 94 valence electrons. The van der Waals surface area contributed by atoms with Crippen LogP contribution in [0, 0.1) is 6.92 Å². The van der Waals surface area contributed by atoms with Crippen molar-refractivity contribution >= 4 is 10.0 Å². The van der Waals surface area contributed by atoms with E-state index in [9.17, 15) is 8.42 Å². The van der Waals surface area contributed by atoms with Crippen molar-refractivity contribution in [3.8, 4) is 0 Å². The lowest BCUT2D eigenvalue weighted by Gasteiger charge is -2.30. The molecule has 5 nitrogen and oxygen atoms in total. The molecule has 1 fully saturated rings. The van der Waals surface area contributed by atoms with E-state index in [1.807, 2.05) is 13.8 Å². The fourth-order valence-electron chi connectivity index (χ4n) is 1.85. The molecule has 1 saturated heterocycles. The predicted molar refractivity (Wildman–Crippen MR) is 65.2 cm³/mol. The van der Waals surface area contributed by atoms with Crippen molar-refractivity contribution in [2.75, 3.05) is 19.6 Å². The molecule has 0 bridgehead atoms. The highest BCUT2D eigenvalue weighted by atomic mass is 32.2. The van der Waals surface area contributed by atoms with Gasteiger partial charge in [-0.15, -0.1) is 0 Å². The van der Waals surface area contributed by atoms with Crippen LogP contribution in [0.4, 0.5) is 0 Å². The number of hydrogen-bond acceptors (Lipinski definition) is 4. The van der Waals surface area contributed by atoms with Gasteiger partial charge in [0.15, 0.2) is 5.03 Å². The highest BCUT2D eigenvalue weighted by Crippen LogP contribution is 2.15. The van der Waals surface area contributed by atoms with E-state index in [1.165, 1.54) is 4.31 Å². The zero-order valence-corrected chi connectivity index (χ0v) is 10.9. The van der Waals surface area contributed by atoms with Gasteiger partial charge in [0, 0.05) is 31.9 Å². The standard InChI is InChI=1S/C11H17N3O2S/c1-9-3-4-11(13-7-9)17(15,16)14-6-5-12-10(2)8-14/h3-4,7,10,12H,5-6,8H2,1-2H3/t10-/m0/s1. The largest absolute Gasteiger partial charge is 0.312 e.